The molecular formula is C19H26BNOP. The molecule has 2 aromatic rings. The minimum Gasteiger partial charge on any atom is -0.387 e. The van der Waals surface area contributed by atoms with Gasteiger partial charge in [-0.05, 0) is 38.6 Å². The van der Waals surface area contributed by atoms with Gasteiger partial charge in [-0.3, -0.25) is 4.67 Å². The molecule has 2 nitrogen and oxygen atoms in total. The Bertz CT molecular complexity index is 564. The van der Waals surface area contributed by atoms with Gasteiger partial charge >= 0.3 is 0 Å². The van der Waals surface area contributed by atoms with Crippen molar-refractivity contribution in [3.05, 3.63) is 66.2 Å². The van der Waals surface area contributed by atoms with E-state index in [4.69, 9.17) is 0 Å². The van der Waals surface area contributed by atoms with E-state index in [1.165, 1.54) is 5.30 Å². The summed E-state index contributed by atoms with van der Waals surface area (Å²) >= 11 is 0. The number of likely N-dealkylation sites (N-methyl/N-ethyl adjacent to an activating group) is 1. The van der Waals surface area contributed by atoms with Crippen molar-refractivity contribution < 1.29 is 5.11 Å². The van der Waals surface area contributed by atoms with Crippen LogP contribution in [-0.2, 0) is 0 Å². The minimum absolute atomic E-state index is 0. The molecule has 0 saturated heterocycles. The predicted octanol–water partition coefficient (Wildman–Crippen LogP) is 3.79. The van der Waals surface area contributed by atoms with E-state index >= 15 is 0 Å². The molecule has 0 fully saturated rings. The number of benzene rings is 2. The number of rotatable bonds is 6. The van der Waals surface area contributed by atoms with Gasteiger partial charge in [0.2, 0.25) is 0 Å². The van der Waals surface area contributed by atoms with Crippen LogP contribution >= 0.6 is 8.07 Å². The summed E-state index contributed by atoms with van der Waals surface area (Å²) in [6, 6.07) is 20.6. The van der Waals surface area contributed by atoms with E-state index in [0.717, 1.165) is 5.56 Å². The third kappa shape index (κ3) is 4.91. The highest BCUT2D eigenvalue weighted by Crippen LogP contribution is 2.45. The predicted molar refractivity (Wildman–Crippen MR) is 103 cm³/mol. The molecule has 3 radical (unpaired) electrons. The van der Waals surface area contributed by atoms with Gasteiger partial charge in [-0.25, -0.2) is 0 Å². The van der Waals surface area contributed by atoms with E-state index < -0.39 is 14.2 Å². The van der Waals surface area contributed by atoms with Crippen molar-refractivity contribution in [3.8, 4) is 0 Å². The molecule has 23 heavy (non-hydrogen) atoms. The van der Waals surface area contributed by atoms with Crippen molar-refractivity contribution in [2.24, 2.45) is 0 Å². The van der Waals surface area contributed by atoms with Crippen LogP contribution in [0, 0.1) is 0 Å². The molecule has 3 atom stereocenters. The summed E-state index contributed by atoms with van der Waals surface area (Å²) in [6.07, 6.45) is -0.473. The number of nitrogens with zero attached hydrogens (tertiary/aromatic N) is 1. The molecular weight excluding hydrogens is 300 g/mol. The van der Waals surface area contributed by atoms with Crippen LogP contribution in [0.15, 0.2) is 60.7 Å². The fourth-order valence-corrected chi connectivity index (χ4v) is 5.44. The second kappa shape index (κ2) is 9.22. The van der Waals surface area contributed by atoms with Gasteiger partial charge < -0.3 is 5.11 Å². The Morgan fingerprint density at radius 1 is 0.870 bits per heavy atom. The summed E-state index contributed by atoms with van der Waals surface area (Å²) in [6.45, 7) is 6.63. The van der Waals surface area contributed by atoms with Crippen LogP contribution in [0.1, 0.15) is 32.4 Å². The van der Waals surface area contributed by atoms with Gasteiger partial charge in [0.25, 0.3) is 0 Å². The van der Waals surface area contributed by atoms with E-state index in [1.54, 1.807) is 0 Å². The Balaban J connectivity index is 0.00000264. The lowest BCUT2D eigenvalue weighted by atomic mass is 10.0. The summed E-state index contributed by atoms with van der Waals surface area (Å²) in [5, 5.41) is 12.1. The molecule has 0 aliphatic heterocycles. The highest BCUT2D eigenvalue weighted by molar-refractivity contribution is 7.64. The standard InChI is InChI=1S/C19H26NOP.B/c1-15(2)22(18-13-9-6-10-14-18)20(4)16(3)19(21)17-11-7-5-8-12-17;/h5-16,19,21H,1-4H3;/t16-,19-,22+;/m1./s1. The first-order valence-corrected chi connectivity index (χ1v) is 9.18. The molecule has 121 valence electrons. The van der Waals surface area contributed by atoms with E-state index in [0.29, 0.717) is 5.66 Å². The molecule has 1 N–H and O–H groups in total. The van der Waals surface area contributed by atoms with Crippen molar-refractivity contribution >= 4 is 21.8 Å². The van der Waals surface area contributed by atoms with Crippen LogP contribution in [0.25, 0.3) is 0 Å². The molecule has 0 aliphatic carbocycles. The van der Waals surface area contributed by atoms with Crippen molar-refractivity contribution in [1.82, 2.24) is 4.67 Å². The zero-order valence-electron chi connectivity index (χ0n) is 14.4. The number of aliphatic hydroxyl groups excluding tert-OH is 1. The Hall–Kier alpha value is -1.15. The van der Waals surface area contributed by atoms with Crippen LogP contribution in [0.2, 0.25) is 0 Å². The minimum atomic E-state index is -0.473. The summed E-state index contributed by atoms with van der Waals surface area (Å²) < 4.78 is 2.35. The van der Waals surface area contributed by atoms with Crippen LogP contribution in [0.4, 0.5) is 0 Å². The van der Waals surface area contributed by atoms with Gasteiger partial charge in [-0.2, -0.15) is 0 Å². The Morgan fingerprint density at radius 2 is 1.35 bits per heavy atom. The monoisotopic (exact) mass is 326 g/mol. The topological polar surface area (TPSA) is 23.5 Å². The maximum absolute atomic E-state index is 10.7. The summed E-state index contributed by atoms with van der Waals surface area (Å²) in [4.78, 5) is 0. The fourth-order valence-electron chi connectivity index (χ4n) is 2.75. The number of aliphatic hydroxyl groups is 1. The molecule has 0 amide bonds. The number of hydrogen-bond acceptors (Lipinski definition) is 2. The lowest BCUT2D eigenvalue weighted by molar-refractivity contribution is 0.110. The van der Waals surface area contributed by atoms with Crippen molar-refractivity contribution in [1.29, 1.82) is 0 Å². The van der Waals surface area contributed by atoms with Gasteiger partial charge in [0.1, 0.15) is 0 Å². The van der Waals surface area contributed by atoms with E-state index in [2.05, 4.69) is 62.8 Å². The van der Waals surface area contributed by atoms with Crippen LogP contribution in [-0.4, -0.2) is 36.9 Å². The van der Waals surface area contributed by atoms with E-state index in [9.17, 15) is 5.11 Å². The molecule has 0 unspecified atom stereocenters. The zero-order chi connectivity index (χ0) is 16.1. The molecule has 0 aromatic heterocycles. The Labute approximate surface area is 143 Å². The lowest BCUT2D eigenvalue weighted by Gasteiger charge is -2.38. The second-order valence-electron chi connectivity index (χ2n) is 5.94. The molecule has 2 aromatic carbocycles. The smallest absolute Gasteiger partial charge is 0.0945 e. The first-order valence-electron chi connectivity index (χ1n) is 7.82. The summed E-state index contributed by atoms with van der Waals surface area (Å²) in [5.74, 6) is 0. The van der Waals surface area contributed by atoms with Crippen LogP contribution in [0.5, 0.6) is 0 Å². The average molecular weight is 326 g/mol. The molecule has 2 rings (SSSR count). The molecule has 0 heterocycles. The first-order chi connectivity index (χ1) is 10.5. The summed E-state index contributed by atoms with van der Waals surface area (Å²) in [5.41, 5.74) is 1.52. The largest absolute Gasteiger partial charge is 0.387 e. The summed E-state index contributed by atoms with van der Waals surface area (Å²) in [7, 11) is 1.67. The third-order valence-electron chi connectivity index (χ3n) is 4.04. The Morgan fingerprint density at radius 3 is 1.83 bits per heavy atom. The SMILES string of the molecule is CC(C)[P@@](c1ccccc1)N(C)[C@H](C)[C@@H](O)c1ccccc1.[B]. The van der Waals surface area contributed by atoms with Crippen LogP contribution in [0.3, 0.4) is 0 Å². The van der Waals surface area contributed by atoms with Crippen molar-refractivity contribution in [2.75, 3.05) is 7.05 Å². The fraction of sp³-hybridized carbons (Fsp3) is 0.368. The quantitative estimate of drug-likeness (QED) is 0.645. The molecule has 4 heteroatoms. The molecule has 0 aliphatic rings. The molecule has 0 bridgehead atoms. The van der Waals surface area contributed by atoms with E-state index in [-0.39, 0.29) is 14.5 Å². The highest BCUT2D eigenvalue weighted by Gasteiger charge is 2.28. The van der Waals surface area contributed by atoms with Gasteiger partial charge in [-0.1, -0.05) is 74.5 Å². The van der Waals surface area contributed by atoms with Crippen molar-refractivity contribution in [3.63, 3.8) is 0 Å². The van der Waals surface area contributed by atoms with Gasteiger partial charge in [0.05, 0.1) is 6.10 Å². The van der Waals surface area contributed by atoms with E-state index in [1.807, 2.05) is 30.3 Å². The Kier molecular flexibility index (Phi) is 7.98. The van der Waals surface area contributed by atoms with Crippen LogP contribution < -0.4 is 5.30 Å². The average Bonchev–Trinajstić information content (AvgIpc) is 2.55. The van der Waals surface area contributed by atoms with Gasteiger partial charge in [-0.15, -0.1) is 0 Å². The maximum Gasteiger partial charge on any atom is 0.0945 e. The van der Waals surface area contributed by atoms with Crippen molar-refractivity contribution in [2.45, 2.75) is 38.6 Å². The highest BCUT2D eigenvalue weighted by atomic mass is 31.1. The molecule has 0 spiro atoms. The number of hydrogen-bond donors (Lipinski definition) is 1. The first kappa shape index (κ1) is 19.9. The van der Waals surface area contributed by atoms with Gasteiger partial charge in [0, 0.05) is 14.5 Å². The maximum atomic E-state index is 10.7. The van der Waals surface area contributed by atoms with Gasteiger partial charge in [0.15, 0.2) is 0 Å². The normalized spacial score (nSPS) is 15.1. The zero-order valence-corrected chi connectivity index (χ0v) is 15.3. The third-order valence-corrected chi connectivity index (χ3v) is 6.89. The molecule has 0 saturated carbocycles. The second-order valence-corrected chi connectivity index (χ2v) is 8.81. The lowest BCUT2D eigenvalue weighted by Crippen LogP contribution is -2.35.